The predicted molar refractivity (Wildman–Crippen MR) is 139 cm³/mol. The molecule has 0 atom stereocenters. The van der Waals surface area contributed by atoms with Crippen LogP contribution in [0.4, 0.5) is 0 Å². The Morgan fingerprint density at radius 1 is 0.771 bits per heavy atom. The Hall–Kier alpha value is -3.69. The van der Waals surface area contributed by atoms with Crippen molar-refractivity contribution in [3.8, 4) is 23.0 Å². The first kappa shape index (κ1) is 23.1. The topological polar surface area (TPSA) is 60.5 Å². The van der Waals surface area contributed by atoms with E-state index in [0.717, 1.165) is 5.56 Å². The van der Waals surface area contributed by atoms with Crippen LogP contribution in [0.3, 0.4) is 0 Å². The Kier molecular flexibility index (Phi) is 5.61. The van der Waals surface area contributed by atoms with Crippen LogP contribution in [0.2, 0.25) is 0 Å². The summed E-state index contributed by atoms with van der Waals surface area (Å²) in [6.07, 6.45) is 0. The van der Waals surface area contributed by atoms with Gasteiger partial charge in [-0.05, 0) is 54.8 Å². The summed E-state index contributed by atoms with van der Waals surface area (Å²) in [7, 11) is 7.21. The maximum atomic E-state index is 13.0. The van der Waals surface area contributed by atoms with Crippen molar-refractivity contribution in [3.05, 3.63) is 82.9 Å². The van der Waals surface area contributed by atoms with Gasteiger partial charge in [0.2, 0.25) is 0 Å². The second-order valence-electron chi connectivity index (χ2n) is 8.56. The van der Waals surface area contributed by atoms with Crippen LogP contribution < -0.4 is 14.2 Å². The molecule has 2 aliphatic heterocycles. The Morgan fingerprint density at radius 2 is 1.29 bits per heavy atom. The van der Waals surface area contributed by atoms with Gasteiger partial charge in [0.1, 0.15) is 23.0 Å². The lowest BCUT2D eigenvalue weighted by Gasteiger charge is -2.36. The van der Waals surface area contributed by atoms with Crippen LogP contribution in [0.15, 0.2) is 60.7 Å². The van der Waals surface area contributed by atoms with Gasteiger partial charge in [-0.25, -0.2) is 4.79 Å². The van der Waals surface area contributed by atoms with Gasteiger partial charge < -0.3 is 28.7 Å². The molecule has 0 fully saturated rings. The minimum absolute atomic E-state index is 0.307. The second-order valence-corrected chi connectivity index (χ2v) is 9.26. The van der Waals surface area contributed by atoms with Gasteiger partial charge >= 0.3 is 5.97 Å². The van der Waals surface area contributed by atoms with Gasteiger partial charge in [-0.1, -0.05) is 18.2 Å². The molecule has 178 valence electrons. The van der Waals surface area contributed by atoms with E-state index >= 15 is 0 Å². The fourth-order valence-corrected chi connectivity index (χ4v) is 4.34. The number of hydrogen-bond acceptors (Lipinski definition) is 7. The number of rotatable bonds is 2. The van der Waals surface area contributed by atoms with Gasteiger partial charge in [-0.3, -0.25) is 0 Å². The Bertz CT molecular complexity index is 1310. The second kappa shape index (κ2) is 8.51. The summed E-state index contributed by atoms with van der Waals surface area (Å²) in [4.78, 5) is 16.4. The Balaban J connectivity index is 1.68. The predicted octanol–water partition coefficient (Wildman–Crippen LogP) is 4.71. The summed E-state index contributed by atoms with van der Waals surface area (Å²) in [5.74, 6) is 1.56. The number of fused-ring (bicyclic) bond motifs is 6. The highest BCUT2D eigenvalue weighted by Crippen LogP contribution is 2.57. The highest BCUT2D eigenvalue weighted by Gasteiger charge is 2.53. The van der Waals surface area contributed by atoms with Crippen LogP contribution in [-0.4, -0.2) is 54.3 Å². The zero-order valence-corrected chi connectivity index (χ0v) is 21.2. The molecule has 0 radical (unpaired) electrons. The molecular weight excluding hydrogens is 484 g/mol. The van der Waals surface area contributed by atoms with Crippen LogP contribution >= 0.6 is 24.4 Å². The summed E-state index contributed by atoms with van der Waals surface area (Å²) >= 11 is 10.6. The maximum Gasteiger partial charge on any atom is 0.340 e. The number of carbonyl (C=O) groups is 1. The molecule has 0 bridgehead atoms. The lowest BCUT2D eigenvalue weighted by atomic mass is 9.77. The monoisotopic (exact) mass is 506 g/mol. The highest BCUT2D eigenvalue weighted by molar-refractivity contribution is 7.80. The van der Waals surface area contributed by atoms with E-state index in [1.54, 1.807) is 68.3 Å². The summed E-state index contributed by atoms with van der Waals surface area (Å²) in [5, 5.41) is 0.614. The number of hydrogen-bond donors (Lipinski definition) is 0. The summed E-state index contributed by atoms with van der Waals surface area (Å²) in [6, 6.07) is 18.1. The zero-order valence-electron chi connectivity index (χ0n) is 19.5. The molecule has 2 heterocycles. The fraction of sp³-hybridized carbons (Fsp3) is 0.192. The number of esters is 1. The van der Waals surface area contributed by atoms with Crippen LogP contribution in [0.1, 0.15) is 27.0 Å². The standard InChI is InChI=1S/C26H22N2O5S2/c1-27(2)24(34)30-15-9-11-19-21(13-15)32-22-14-16(31-25(35)28(3)4)10-12-20(22)26(19)18-8-6-5-7-17(18)23(29)33-26/h5-14H,1-4H3. The summed E-state index contributed by atoms with van der Waals surface area (Å²) in [5.41, 5.74) is 1.44. The van der Waals surface area contributed by atoms with Gasteiger partial charge in [0.15, 0.2) is 5.60 Å². The van der Waals surface area contributed by atoms with Crippen LogP contribution in [-0.2, 0) is 10.3 Å². The Labute approximate surface area is 213 Å². The SMILES string of the molecule is CN(C)C(=S)Oc1ccc2c(c1)Oc1cc(OC(=S)N(C)C)ccc1C21OC(=O)c2ccccc21. The van der Waals surface area contributed by atoms with Crippen LogP contribution in [0, 0.1) is 0 Å². The molecule has 0 unspecified atom stereocenters. The molecule has 2 aliphatic rings. The third kappa shape index (κ3) is 3.77. The van der Waals surface area contributed by atoms with Gasteiger partial charge in [0.05, 0.1) is 5.56 Å². The molecule has 5 rings (SSSR count). The van der Waals surface area contributed by atoms with E-state index in [9.17, 15) is 4.79 Å². The van der Waals surface area contributed by atoms with Gasteiger partial charge in [-0.2, -0.15) is 0 Å². The number of ether oxygens (including phenoxy) is 4. The van der Waals surface area contributed by atoms with E-state index in [-0.39, 0.29) is 0 Å². The van der Waals surface area contributed by atoms with Crippen LogP contribution in [0.25, 0.3) is 0 Å². The Morgan fingerprint density at radius 3 is 1.80 bits per heavy atom. The molecule has 0 aromatic heterocycles. The van der Waals surface area contributed by atoms with Crippen LogP contribution in [0.5, 0.6) is 23.0 Å². The van der Waals surface area contributed by atoms with Crippen molar-refractivity contribution in [3.63, 3.8) is 0 Å². The van der Waals surface area contributed by atoms with E-state index in [4.69, 9.17) is 43.4 Å². The summed E-state index contributed by atoms with van der Waals surface area (Å²) in [6.45, 7) is 0. The van der Waals surface area contributed by atoms with E-state index in [1.807, 2.05) is 30.3 Å². The van der Waals surface area contributed by atoms with E-state index in [1.165, 1.54) is 0 Å². The lowest BCUT2D eigenvalue weighted by molar-refractivity contribution is 0.0224. The zero-order chi connectivity index (χ0) is 24.9. The third-order valence-electron chi connectivity index (χ3n) is 5.80. The lowest BCUT2D eigenvalue weighted by Crippen LogP contribution is -2.33. The number of carbonyl (C=O) groups excluding carboxylic acids is 1. The smallest absolute Gasteiger partial charge is 0.340 e. The number of thiocarbonyl (C=S) groups is 2. The molecule has 3 aromatic carbocycles. The minimum Gasteiger partial charge on any atom is -0.456 e. The fourth-order valence-electron chi connectivity index (χ4n) is 4.15. The normalized spacial score (nSPS) is 14.1. The molecule has 3 aromatic rings. The van der Waals surface area contributed by atoms with Crippen molar-refractivity contribution in [1.82, 2.24) is 9.80 Å². The molecule has 1 spiro atoms. The summed E-state index contributed by atoms with van der Waals surface area (Å²) < 4.78 is 24.1. The molecule has 0 N–H and O–H groups in total. The first-order valence-electron chi connectivity index (χ1n) is 10.8. The van der Waals surface area contributed by atoms with Gasteiger partial charge in [-0.15, -0.1) is 0 Å². The molecule has 9 heteroatoms. The van der Waals surface area contributed by atoms with E-state index < -0.39 is 11.6 Å². The average molecular weight is 507 g/mol. The van der Waals surface area contributed by atoms with Gasteiger partial charge in [0, 0.05) is 57.0 Å². The minimum atomic E-state index is -1.18. The molecular formula is C26H22N2O5S2. The quantitative estimate of drug-likeness (QED) is 0.363. The van der Waals surface area contributed by atoms with Crippen molar-refractivity contribution < 1.29 is 23.7 Å². The molecule has 0 saturated carbocycles. The molecule has 0 aliphatic carbocycles. The highest BCUT2D eigenvalue weighted by atomic mass is 32.1. The third-order valence-corrected chi connectivity index (χ3v) is 6.69. The van der Waals surface area contributed by atoms with E-state index in [0.29, 0.717) is 50.0 Å². The average Bonchev–Trinajstić information content (AvgIpc) is 3.11. The largest absolute Gasteiger partial charge is 0.456 e. The molecule has 7 nitrogen and oxygen atoms in total. The van der Waals surface area contributed by atoms with Crippen molar-refractivity contribution in [2.24, 2.45) is 0 Å². The van der Waals surface area contributed by atoms with E-state index in [2.05, 4.69) is 0 Å². The first-order chi connectivity index (χ1) is 16.7. The number of nitrogens with zero attached hydrogens (tertiary/aromatic N) is 2. The van der Waals surface area contributed by atoms with Crippen molar-refractivity contribution in [1.29, 1.82) is 0 Å². The molecule has 0 saturated heterocycles. The maximum absolute atomic E-state index is 13.0. The van der Waals surface area contributed by atoms with Gasteiger partial charge in [0.25, 0.3) is 10.3 Å². The molecule has 35 heavy (non-hydrogen) atoms. The molecule has 0 amide bonds. The first-order valence-corrected chi connectivity index (χ1v) is 11.6. The number of benzene rings is 3. The van der Waals surface area contributed by atoms with Crippen molar-refractivity contribution >= 4 is 40.8 Å². The van der Waals surface area contributed by atoms with Crippen molar-refractivity contribution in [2.75, 3.05) is 28.2 Å². The van der Waals surface area contributed by atoms with Crippen molar-refractivity contribution in [2.45, 2.75) is 5.60 Å².